The van der Waals surface area contributed by atoms with Gasteiger partial charge in [0.05, 0.1) is 4.90 Å². The summed E-state index contributed by atoms with van der Waals surface area (Å²) in [5, 5.41) is 2.88. The molecule has 1 aliphatic rings. The molecule has 0 radical (unpaired) electrons. The van der Waals surface area contributed by atoms with Gasteiger partial charge < -0.3 is 5.32 Å². The minimum atomic E-state index is -3.38. The Labute approximate surface area is 145 Å². The first-order valence-corrected chi connectivity index (χ1v) is 10.3. The summed E-state index contributed by atoms with van der Waals surface area (Å²) in [6.07, 6.45) is 6.59. The van der Waals surface area contributed by atoms with Gasteiger partial charge in [-0.3, -0.25) is 4.79 Å². The summed E-state index contributed by atoms with van der Waals surface area (Å²) in [6, 6.07) is 6.84. The minimum Gasteiger partial charge on any atom is -0.352 e. The van der Waals surface area contributed by atoms with Gasteiger partial charge in [-0.1, -0.05) is 38.3 Å². The molecule has 1 aromatic carbocycles. The summed E-state index contributed by atoms with van der Waals surface area (Å²) >= 11 is 0. The maximum Gasteiger partial charge on any atom is 0.243 e. The zero-order valence-corrected chi connectivity index (χ0v) is 15.3. The SMILES string of the molecule is CCCCCC(=O)NCc1ccc(S(=O)(=O)N2CCCCC2)cc1. The molecular formula is C18H28N2O3S. The zero-order chi connectivity index (χ0) is 17.4. The number of hydrogen-bond donors (Lipinski definition) is 1. The normalized spacial score (nSPS) is 16.0. The van der Waals surface area contributed by atoms with E-state index in [-0.39, 0.29) is 5.91 Å². The number of sulfonamides is 1. The number of hydrogen-bond acceptors (Lipinski definition) is 3. The summed E-state index contributed by atoms with van der Waals surface area (Å²) < 4.78 is 26.7. The van der Waals surface area contributed by atoms with Crippen molar-refractivity contribution < 1.29 is 13.2 Å². The Morgan fingerprint density at radius 3 is 2.38 bits per heavy atom. The Morgan fingerprint density at radius 2 is 1.75 bits per heavy atom. The number of amides is 1. The standard InChI is InChI=1S/C18H28N2O3S/c1-2-3-5-8-18(21)19-15-16-9-11-17(12-10-16)24(22,23)20-13-6-4-7-14-20/h9-12H,2-8,13-15H2,1H3,(H,19,21). The second kappa shape index (κ2) is 9.18. The predicted molar refractivity (Wildman–Crippen MR) is 95.0 cm³/mol. The first kappa shape index (κ1) is 18.9. The molecule has 2 rings (SSSR count). The van der Waals surface area contributed by atoms with Crippen molar-refractivity contribution in [3.8, 4) is 0 Å². The second-order valence-corrected chi connectivity index (χ2v) is 8.28. The van der Waals surface area contributed by atoms with Crippen LogP contribution in [0, 0.1) is 0 Å². The molecule has 0 spiro atoms. The van der Waals surface area contributed by atoms with Crippen molar-refractivity contribution in [3.63, 3.8) is 0 Å². The highest BCUT2D eigenvalue weighted by molar-refractivity contribution is 7.89. The molecule has 1 heterocycles. The third-order valence-electron chi connectivity index (χ3n) is 4.37. The highest BCUT2D eigenvalue weighted by Gasteiger charge is 2.25. The van der Waals surface area contributed by atoms with Crippen LogP contribution in [-0.2, 0) is 21.4 Å². The van der Waals surface area contributed by atoms with E-state index >= 15 is 0 Å². The monoisotopic (exact) mass is 352 g/mol. The molecule has 1 saturated heterocycles. The summed E-state index contributed by atoms with van der Waals surface area (Å²) in [6.45, 7) is 3.77. The van der Waals surface area contributed by atoms with Crippen molar-refractivity contribution in [3.05, 3.63) is 29.8 Å². The molecular weight excluding hydrogens is 324 g/mol. The summed E-state index contributed by atoms with van der Waals surface area (Å²) in [5.41, 5.74) is 0.913. The first-order chi connectivity index (χ1) is 11.5. The lowest BCUT2D eigenvalue weighted by Crippen LogP contribution is -2.35. The Bertz CT molecular complexity index is 620. The van der Waals surface area contributed by atoms with Crippen LogP contribution in [0.4, 0.5) is 0 Å². The van der Waals surface area contributed by atoms with Crippen molar-refractivity contribution in [1.29, 1.82) is 0 Å². The molecule has 134 valence electrons. The average molecular weight is 353 g/mol. The van der Waals surface area contributed by atoms with Crippen molar-refractivity contribution in [2.45, 2.75) is 63.3 Å². The lowest BCUT2D eigenvalue weighted by atomic mass is 10.2. The van der Waals surface area contributed by atoms with E-state index < -0.39 is 10.0 Å². The molecule has 1 aliphatic heterocycles. The molecule has 0 aromatic heterocycles. The van der Waals surface area contributed by atoms with Crippen LogP contribution in [0.1, 0.15) is 57.4 Å². The average Bonchev–Trinajstić information content (AvgIpc) is 2.61. The first-order valence-electron chi connectivity index (χ1n) is 8.90. The minimum absolute atomic E-state index is 0.0495. The van der Waals surface area contributed by atoms with E-state index in [1.807, 2.05) is 0 Å². The van der Waals surface area contributed by atoms with Gasteiger partial charge in [-0.15, -0.1) is 0 Å². The molecule has 6 heteroatoms. The maximum atomic E-state index is 12.6. The molecule has 1 aromatic rings. The van der Waals surface area contributed by atoms with Gasteiger partial charge in [-0.25, -0.2) is 8.42 Å². The topological polar surface area (TPSA) is 66.5 Å². The predicted octanol–water partition coefficient (Wildman–Crippen LogP) is 3.06. The van der Waals surface area contributed by atoms with Crippen molar-refractivity contribution >= 4 is 15.9 Å². The number of nitrogens with zero attached hydrogens (tertiary/aromatic N) is 1. The van der Waals surface area contributed by atoms with Crippen molar-refractivity contribution in [1.82, 2.24) is 9.62 Å². The smallest absolute Gasteiger partial charge is 0.243 e. The molecule has 0 saturated carbocycles. The molecule has 24 heavy (non-hydrogen) atoms. The van der Waals surface area contributed by atoms with E-state index in [1.165, 1.54) is 0 Å². The van der Waals surface area contributed by atoms with E-state index in [0.717, 1.165) is 44.1 Å². The number of nitrogens with one attached hydrogen (secondary N) is 1. The van der Waals surface area contributed by atoms with Crippen molar-refractivity contribution in [2.24, 2.45) is 0 Å². The third kappa shape index (κ3) is 5.31. The van der Waals surface area contributed by atoms with Gasteiger partial charge >= 0.3 is 0 Å². The van der Waals surface area contributed by atoms with Crippen LogP contribution in [0.25, 0.3) is 0 Å². The lowest BCUT2D eigenvalue weighted by molar-refractivity contribution is -0.121. The van der Waals surface area contributed by atoms with Crippen LogP contribution in [-0.4, -0.2) is 31.7 Å². The van der Waals surface area contributed by atoms with E-state index in [0.29, 0.717) is 31.0 Å². The Kier molecular flexibility index (Phi) is 7.24. The lowest BCUT2D eigenvalue weighted by Gasteiger charge is -2.25. The number of carbonyl (C=O) groups excluding carboxylic acids is 1. The molecule has 1 fully saturated rings. The van der Waals surface area contributed by atoms with E-state index in [1.54, 1.807) is 28.6 Å². The third-order valence-corrected chi connectivity index (χ3v) is 6.29. The summed E-state index contributed by atoms with van der Waals surface area (Å²) in [4.78, 5) is 12.0. The van der Waals surface area contributed by atoms with Crippen LogP contribution in [0.2, 0.25) is 0 Å². The van der Waals surface area contributed by atoms with Crippen LogP contribution in [0.15, 0.2) is 29.2 Å². The Hall–Kier alpha value is -1.40. The van der Waals surface area contributed by atoms with Crippen LogP contribution in [0.3, 0.4) is 0 Å². The molecule has 5 nitrogen and oxygen atoms in total. The second-order valence-electron chi connectivity index (χ2n) is 6.34. The van der Waals surface area contributed by atoms with Crippen molar-refractivity contribution in [2.75, 3.05) is 13.1 Å². The fourth-order valence-electron chi connectivity index (χ4n) is 2.86. The highest BCUT2D eigenvalue weighted by atomic mass is 32.2. The van der Waals surface area contributed by atoms with Gasteiger partial charge in [-0.2, -0.15) is 4.31 Å². The van der Waals surface area contributed by atoms with Crippen LogP contribution in [0.5, 0.6) is 0 Å². The van der Waals surface area contributed by atoms with Gasteiger partial charge in [0, 0.05) is 26.1 Å². The molecule has 0 unspecified atom stereocenters. The van der Waals surface area contributed by atoms with E-state index in [2.05, 4.69) is 12.2 Å². The van der Waals surface area contributed by atoms with Gasteiger partial charge in [-0.05, 0) is 37.0 Å². The number of rotatable bonds is 8. The van der Waals surface area contributed by atoms with Gasteiger partial charge in [0.25, 0.3) is 0 Å². The molecule has 0 bridgehead atoms. The number of benzene rings is 1. The molecule has 0 aliphatic carbocycles. The largest absolute Gasteiger partial charge is 0.352 e. The fraction of sp³-hybridized carbons (Fsp3) is 0.611. The Balaban J connectivity index is 1.89. The van der Waals surface area contributed by atoms with E-state index in [9.17, 15) is 13.2 Å². The van der Waals surface area contributed by atoms with E-state index in [4.69, 9.17) is 0 Å². The molecule has 0 atom stereocenters. The molecule has 1 amide bonds. The quantitative estimate of drug-likeness (QED) is 0.731. The fourth-order valence-corrected chi connectivity index (χ4v) is 4.38. The van der Waals surface area contributed by atoms with Crippen LogP contribution < -0.4 is 5.32 Å². The summed E-state index contributed by atoms with van der Waals surface area (Å²) in [5.74, 6) is 0.0495. The summed E-state index contributed by atoms with van der Waals surface area (Å²) in [7, 11) is -3.38. The maximum absolute atomic E-state index is 12.6. The van der Waals surface area contributed by atoms with Gasteiger partial charge in [0.15, 0.2) is 0 Å². The number of piperidine rings is 1. The zero-order valence-electron chi connectivity index (χ0n) is 14.5. The highest BCUT2D eigenvalue weighted by Crippen LogP contribution is 2.20. The van der Waals surface area contributed by atoms with Gasteiger partial charge in [0.1, 0.15) is 0 Å². The molecule has 1 N–H and O–H groups in total. The van der Waals surface area contributed by atoms with Crippen LogP contribution >= 0.6 is 0 Å². The Morgan fingerprint density at radius 1 is 1.08 bits per heavy atom. The number of unbranched alkanes of at least 4 members (excludes halogenated alkanes) is 2. The number of carbonyl (C=O) groups is 1. The van der Waals surface area contributed by atoms with Gasteiger partial charge in [0.2, 0.25) is 15.9 Å².